The maximum Gasteiger partial charge on any atom is 0.410 e. The van der Waals surface area contributed by atoms with E-state index in [2.05, 4.69) is 9.55 Å². The second-order valence-electron chi connectivity index (χ2n) is 10.8. The minimum absolute atomic E-state index is 0.0826. The van der Waals surface area contributed by atoms with Crippen molar-refractivity contribution in [1.29, 1.82) is 0 Å². The van der Waals surface area contributed by atoms with Gasteiger partial charge >= 0.3 is 13.6 Å². The molecule has 1 N–H and O–H groups in total. The van der Waals surface area contributed by atoms with Crippen LogP contribution in [0.5, 0.6) is 0 Å². The number of imidazole rings is 1. The molecule has 1 aromatic heterocycles. The maximum atomic E-state index is 12.6. The molecule has 1 fully saturated rings. The van der Waals surface area contributed by atoms with E-state index < -0.39 is 16.8 Å². The molecule has 0 bridgehead atoms. The predicted molar refractivity (Wildman–Crippen MR) is 129 cm³/mol. The third kappa shape index (κ3) is 6.49. The highest BCUT2D eigenvalue weighted by Gasteiger charge is 2.36. The fourth-order valence-electron chi connectivity index (χ4n) is 3.51. The number of hydrogen-bond donors (Lipinski definition) is 1. The molecule has 2 aromatic rings. The van der Waals surface area contributed by atoms with Crippen LogP contribution in [-0.4, -0.2) is 76.2 Å². The number of fused-ring (bicyclic) bond motifs is 1. The monoisotopic (exact) mass is 458 g/mol. The number of carbonyl (C=O) groups excluding carboxylic acids is 1. The van der Waals surface area contributed by atoms with Gasteiger partial charge in [0.2, 0.25) is 0 Å². The smallest absolute Gasteiger partial charge is 0.410 e. The number of benzene rings is 1. The van der Waals surface area contributed by atoms with Gasteiger partial charge in [-0.05, 0) is 60.0 Å². The van der Waals surface area contributed by atoms with Gasteiger partial charge in [0.25, 0.3) is 0 Å². The van der Waals surface area contributed by atoms with Crippen molar-refractivity contribution in [3.8, 4) is 0 Å². The van der Waals surface area contributed by atoms with Crippen LogP contribution >= 0.6 is 0 Å². The molecular weight excluding hydrogens is 421 g/mol. The van der Waals surface area contributed by atoms with Crippen molar-refractivity contribution in [2.45, 2.75) is 71.8 Å². The van der Waals surface area contributed by atoms with Crippen molar-refractivity contribution >= 4 is 30.1 Å². The van der Waals surface area contributed by atoms with E-state index in [0.29, 0.717) is 32.8 Å². The second kappa shape index (κ2) is 9.64. The number of aliphatic hydroxyl groups is 1. The zero-order chi connectivity index (χ0) is 24.4. The summed E-state index contributed by atoms with van der Waals surface area (Å²) in [5, 5.41) is 10.4. The lowest BCUT2D eigenvalue weighted by molar-refractivity contribution is -0.0893. The highest BCUT2D eigenvalue weighted by Crippen LogP contribution is 2.25. The Morgan fingerprint density at radius 2 is 1.97 bits per heavy atom. The highest BCUT2D eigenvalue weighted by atomic mass is 16.6. The highest BCUT2D eigenvalue weighted by molar-refractivity contribution is 6.51. The lowest BCUT2D eigenvalue weighted by Gasteiger charge is -2.37. The molecule has 1 unspecified atom stereocenters. The lowest BCUT2D eigenvalue weighted by Crippen LogP contribution is -2.49. The third-order valence-corrected chi connectivity index (χ3v) is 6.07. The molecule has 1 aliphatic rings. The number of amides is 1. The van der Waals surface area contributed by atoms with E-state index in [1.807, 2.05) is 59.1 Å². The van der Waals surface area contributed by atoms with Gasteiger partial charge in [-0.1, -0.05) is 12.1 Å². The molecule has 33 heavy (non-hydrogen) atoms. The maximum absolute atomic E-state index is 12.6. The van der Waals surface area contributed by atoms with Crippen molar-refractivity contribution in [3.05, 3.63) is 24.5 Å². The SMILES string of the molecule is CC(C)(C)OC(=O)N1CCOCC(Cn2cnc3cccc([B]OC(C)(C)C(C)(C)O)c32)C1. The normalized spacial score (nSPS) is 18.3. The number of para-hydroxylation sites is 1. The molecule has 0 saturated carbocycles. The van der Waals surface area contributed by atoms with Crippen molar-refractivity contribution in [1.82, 2.24) is 14.5 Å². The third-order valence-electron chi connectivity index (χ3n) is 6.07. The van der Waals surface area contributed by atoms with Gasteiger partial charge in [0.1, 0.15) is 5.60 Å². The van der Waals surface area contributed by atoms with Gasteiger partial charge in [0, 0.05) is 25.6 Å². The fourth-order valence-corrected chi connectivity index (χ4v) is 3.51. The summed E-state index contributed by atoms with van der Waals surface area (Å²) < 4.78 is 19.4. The van der Waals surface area contributed by atoms with E-state index in [4.69, 9.17) is 14.1 Å². The molecule has 181 valence electrons. The van der Waals surface area contributed by atoms with E-state index >= 15 is 0 Å². The molecular formula is C24H37BN3O5. The summed E-state index contributed by atoms with van der Waals surface area (Å²) in [6.07, 6.45) is 1.50. The molecule has 0 spiro atoms. The summed E-state index contributed by atoms with van der Waals surface area (Å²) in [5.74, 6) is 0.0826. The van der Waals surface area contributed by atoms with Crippen LogP contribution in [0.3, 0.4) is 0 Å². The average molecular weight is 458 g/mol. The largest absolute Gasteiger partial charge is 0.444 e. The van der Waals surface area contributed by atoms with Crippen LogP contribution in [0.15, 0.2) is 24.5 Å². The number of nitrogens with zero attached hydrogens (tertiary/aromatic N) is 3. The van der Waals surface area contributed by atoms with Gasteiger partial charge in [-0.15, -0.1) is 0 Å². The molecule has 2 heterocycles. The first kappa shape index (κ1) is 25.5. The van der Waals surface area contributed by atoms with Gasteiger partial charge in [-0.25, -0.2) is 9.78 Å². The van der Waals surface area contributed by atoms with Gasteiger partial charge in [-0.2, -0.15) is 0 Å². The zero-order valence-electron chi connectivity index (χ0n) is 20.9. The van der Waals surface area contributed by atoms with E-state index in [9.17, 15) is 9.90 Å². The standard InChI is InChI=1S/C24H37BN3O5/c1-22(2,3)32-21(29)27-11-12-31-15-17(13-27)14-28-16-26-19-10-8-9-18(20(19)28)25-33-24(6,7)23(4,5)30/h8-10,16-17,30H,11-15H2,1-7H3. The number of hydrogen-bond acceptors (Lipinski definition) is 6. The Morgan fingerprint density at radius 1 is 1.24 bits per heavy atom. The van der Waals surface area contributed by atoms with Crippen LogP contribution < -0.4 is 5.46 Å². The molecule has 1 aromatic carbocycles. The molecule has 1 amide bonds. The van der Waals surface area contributed by atoms with Crippen LogP contribution in [0.2, 0.25) is 0 Å². The summed E-state index contributed by atoms with van der Waals surface area (Å²) >= 11 is 0. The molecule has 1 radical (unpaired) electrons. The summed E-state index contributed by atoms with van der Waals surface area (Å²) in [7, 11) is 1.69. The topological polar surface area (TPSA) is 86.0 Å². The van der Waals surface area contributed by atoms with Crippen molar-refractivity contribution in [3.63, 3.8) is 0 Å². The van der Waals surface area contributed by atoms with E-state index in [1.165, 1.54) is 0 Å². The number of ether oxygens (including phenoxy) is 2. The predicted octanol–water partition coefficient (Wildman–Crippen LogP) is 2.73. The Kier molecular flexibility index (Phi) is 7.46. The number of carbonyl (C=O) groups is 1. The Balaban J connectivity index is 1.78. The van der Waals surface area contributed by atoms with E-state index in [-0.39, 0.29) is 12.0 Å². The first-order valence-corrected chi connectivity index (χ1v) is 11.5. The number of rotatable bonds is 6. The van der Waals surface area contributed by atoms with Gasteiger partial charge in [0.05, 0.1) is 41.8 Å². The molecule has 0 aliphatic carbocycles. The first-order chi connectivity index (χ1) is 15.3. The summed E-state index contributed by atoms with van der Waals surface area (Å²) in [4.78, 5) is 18.9. The van der Waals surface area contributed by atoms with Crippen molar-refractivity contribution in [2.75, 3.05) is 26.3 Å². The lowest BCUT2D eigenvalue weighted by atomic mass is 9.82. The molecule has 1 saturated heterocycles. The minimum Gasteiger partial charge on any atom is -0.444 e. The van der Waals surface area contributed by atoms with Crippen LogP contribution in [0.4, 0.5) is 4.79 Å². The van der Waals surface area contributed by atoms with E-state index in [1.54, 1.807) is 26.2 Å². The minimum atomic E-state index is -1.01. The average Bonchev–Trinajstić information content (AvgIpc) is 2.94. The van der Waals surface area contributed by atoms with Crippen molar-refractivity contribution in [2.24, 2.45) is 5.92 Å². The summed E-state index contributed by atoms with van der Waals surface area (Å²) in [6, 6.07) is 5.86. The fraction of sp³-hybridized carbons (Fsp3) is 0.667. The molecule has 8 nitrogen and oxygen atoms in total. The zero-order valence-corrected chi connectivity index (χ0v) is 20.9. The first-order valence-electron chi connectivity index (χ1n) is 11.5. The summed E-state index contributed by atoms with van der Waals surface area (Å²) in [5.41, 5.74) is 0.343. The quantitative estimate of drug-likeness (QED) is 0.671. The molecule has 1 aliphatic heterocycles. The molecule has 1 atom stereocenters. The second-order valence-corrected chi connectivity index (χ2v) is 10.8. The van der Waals surface area contributed by atoms with Crippen LogP contribution in [0.25, 0.3) is 11.0 Å². The van der Waals surface area contributed by atoms with Gasteiger partial charge in [0.15, 0.2) is 0 Å². The Morgan fingerprint density at radius 3 is 2.64 bits per heavy atom. The van der Waals surface area contributed by atoms with Crippen LogP contribution in [0.1, 0.15) is 48.5 Å². The Hall–Kier alpha value is -2.10. The van der Waals surface area contributed by atoms with Crippen LogP contribution in [0, 0.1) is 5.92 Å². The molecule has 9 heteroatoms. The van der Waals surface area contributed by atoms with E-state index in [0.717, 1.165) is 16.5 Å². The van der Waals surface area contributed by atoms with Crippen LogP contribution in [-0.2, 0) is 20.7 Å². The molecule has 3 rings (SSSR count). The van der Waals surface area contributed by atoms with Gasteiger partial charge < -0.3 is 28.7 Å². The Labute approximate surface area is 197 Å². The van der Waals surface area contributed by atoms with Gasteiger partial charge in [-0.3, -0.25) is 0 Å². The summed E-state index contributed by atoms with van der Waals surface area (Å²) in [6.45, 7) is 15.5. The van der Waals surface area contributed by atoms with Crippen molar-refractivity contribution < 1.29 is 24.0 Å². The Bertz CT molecular complexity index is 961. The number of aromatic nitrogens is 2.